The summed E-state index contributed by atoms with van der Waals surface area (Å²) < 4.78 is 7.37. The van der Waals surface area contributed by atoms with E-state index in [4.69, 9.17) is 4.74 Å². The standard InChI is InChI=1S/C26H29N3O4/c1-4-14-29(24(25(30)31)21-15-28(3)27-23(21)5-2)26(32)33-16-22-19-12-8-6-10-17(19)18-11-7-9-13-20(18)22/h6-13,15,22,24H,4-5,14,16H2,1-3H3,(H,30,31). The van der Waals surface area contributed by atoms with Gasteiger partial charge in [-0.2, -0.15) is 5.10 Å². The molecule has 4 rings (SSSR count). The molecule has 7 nitrogen and oxygen atoms in total. The number of amides is 1. The molecule has 0 radical (unpaired) electrons. The van der Waals surface area contributed by atoms with Crippen LogP contribution in [0.2, 0.25) is 0 Å². The number of fused-ring (bicyclic) bond motifs is 3. The van der Waals surface area contributed by atoms with Gasteiger partial charge < -0.3 is 9.84 Å². The van der Waals surface area contributed by atoms with Crippen LogP contribution >= 0.6 is 0 Å². The predicted molar refractivity (Wildman–Crippen MR) is 125 cm³/mol. The molecule has 3 aromatic rings. The Bertz CT molecular complexity index is 1120. The van der Waals surface area contributed by atoms with Crippen LogP contribution in [0, 0.1) is 0 Å². The largest absolute Gasteiger partial charge is 0.479 e. The van der Waals surface area contributed by atoms with Crippen molar-refractivity contribution >= 4 is 12.1 Å². The fraction of sp³-hybridized carbons (Fsp3) is 0.346. The third-order valence-corrected chi connectivity index (χ3v) is 6.15. The van der Waals surface area contributed by atoms with E-state index in [2.05, 4.69) is 29.4 Å². The number of carbonyl (C=O) groups excluding carboxylic acids is 1. The first kappa shape index (κ1) is 22.6. The van der Waals surface area contributed by atoms with Gasteiger partial charge in [0.25, 0.3) is 0 Å². The van der Waals surface area contributed by atoms with Crippen molar-refractivity contribution in [3.05, 3.63) is 77.1 Å². The molecule has 0 saturated carbocycles. The van der Waals surface area contributed by atoms with Crippen LogP contribution in [0.15, 0.2) is 54.7 Å². The first-order chi connectivity index (χ1) is 16.0. The second-order valence-corrected chi connectivity index (χ2v) is 8.30. The number of hydrogen-bond donors (Lipinski definition) is 1. The number of carbonyl (C=O) groups is 2. The summed E-state index contributed by atoms with van der Waals surface area (Å²) in [7, 11) is 1.75. The van der Waals surface area contributed by atoms with Crippen molar-refractivity contribution < 1.29 is 19.4 Å². The zero-order chi connectivity index (χ0) is 23.5. The van der Waals surface area contributed by atoms with Gasteiger partial charge in [-0.25, -0.2) is 9.59 Å². The number of nitrogens with zero attached hydrogens (tertiary/aromatic N) is 3. The van der Waals surface area contributed by atoms with Crippen LogP contribution in [0.1, 0.15) is 54.6 Å². The highest BCUT2D eigenvalue weighted by Crippen LogP contribution is 2.44. The normalized spacial score (nSPS) is 13.3. The Hall–Kier alpha value is -3.61. The lowest BCUT2D eigenvalue weighted by Crippen LogP contribution is -2.40. The minimum absolute atomic E-state index is 0.0855. The van der Waals surface area contributed by atoms with Crippen molar-refractivity contribution in [3.63, 3.8) is 0 Å². The summed E-state index contributed by atoms with van der Waals surface area (Å²) in [4.78, 5) is 26.9. The molecule has 0 bridgehead atoms. The Morgan fingerprint density at radius 2 is 1.70 bits per heavy atom. The van der Waals surface area contributed by atoms with E-state index in [1.54, 1.807) is 17.9 Å². The van der Waals surface area contributed by atoms with Crippen LogP contribution in [0.5, 0.6) is 0 Å². The molecule has 0 fully saturated rings. The number of rotatable bonds is 8. The summed E-state index contributed by atoms with van der Waals surface area (Å²) in [6.45, 7) is 4.24. The number of aryl methyl sites for hydroxylation is 2. The average Bonchev–Trinajstić information content (AvgIpc) is 3.34. The minimum Gasteiger partial charge on any atom is -0.479 e. The molecule has 7 heteroatoms. The van der Waals surface area contributed by atoms with E-state index < -0.39 is 18.1 Å². The lowest BCUT2D eigenvalue weighted by Gasteiger charge is -2.28. The lowest BCUT2D eigenvalue weighted by molar-refractivity contribution is -0.143. The second-order valence-electron chi connectivity index (χ2n) is 8.30. The highest BCUT2D eigenvalue weighted by Gasteiger charge is 2.36. The van der Waals surface area contributed by atoms with Crippen LogP contribution < -0.4 is 0 Å². The molecule has 1 amide bonds. The predicted octanol–water partition coefficient (Wildman–Crippen LogP) is 4.77. The number of aromatic nitrogens is 2. The van der Waals surface area contributed by atoms with Crippen molar-refractivity contribution in [1.82, 2.24) is 14.7 Å². The molecule has 1 aromatic heterocycles. The summed E-state index contributed by atoms with van der Waals surface area (Å²) in [5.74, 6) is -1.18. The van der Waals surface area contributed by atoms with E-state index >= 15 is 0 Å². The molecule has 172 valence electrons. The molecule has 0 spiro atoms. The first-order valence-electron chi connectivity index (χ1n) is 11.3. The molecule has 1 atom stereocenters. The van der Waals surface area contributed by atoms with E-state index in [-0.39, 0.29) is 19.1 Å². The Kier molecular flexibility index (Phi) is 6.49. The summed E-state index contributed by atoms with van der Waals surface area (Å²) in [6, 6.07) is 15.1. The zero-order valence-electron chi connectivity index (χ0n) is 19.2. The minimum atomic E-state index is -1.15. The van der Waals surface area contributed by atoms with Gasteiger partial charge in [0.1, 0.15) is 6.61 Å². The maximum Gasteiger partial charge on any atom is 0.410 e. The van der Waals surface area contributed by atoms with Gasteiger partial charge in [0.05, 0.1) is 5.69 Å². The van der Waals surface area contributed by atoms with Crippen LogP contribution in [0.25, 0.3) is 11.1 Å². The molecule has 1 aliphatic carbocycles. The maximum absolute atomic E-state index is 13.3. The van der Waals surface area contributed by atoms with Gasteiger partial charge in [0.2, 0.25) is 0 Å². The molecule has 0 aliphatic heterocycles. The SMILES string of the molecule is CCCN(C(=O)OCC1c2ccccc2-c2ccccc21)C(C(=O)O)c1cn(C)nc1CC. The van der Waals surface area contributed by atoms with E-state index in [0.717, 1.165) is 22.3 Å². The lowest BCUT2D eigenvalue weighted by atomic mass is 9.98. The third-order valence-electron chi connectivity index (χ3n) is 6.15. The molecular weight excluding hydrogens is 418 g/mol. The summed E-state index contributed by atoms with van der Waals surface area (Å²) in [5, 5.41) is 14.4. The summed E-state index contributed by atoms with van der Waals surface area (Å²) in [6.07, 6.45) is 2.23. The number of carboxylic acids is 1. The number of ether oxygens (including phenoxy) is 1. The van der Waals surface area contributed by atoms with Crippen LogP contribution in [-0.4, -0.2) is 45.0 Å². The fourth-order valence-electron chi connectivity index (χ4n) is 4.73. The van der Waals surface area contributed by atoms with E-state index in [1.807, 2.05) is 38.1 Å². The van der Waals surface area contributed by atoms with E-state index in [9.17, 15) is 14.7 Å². The van der Waals surface area contributed by atoms with E-state index in [0.29, 0.717) is 24.1 Å². The molecule has 33 heavy (non-hydrogen) atoms. The highest BCUT2D eigenvalue weighted by molar-refractivity contribution is 5.82. The van der Waals surface area contributed by atoms with Gasteiger partial charge in [-0.3, -0.25) is 9.58 Å². The maximum atomic E-state index is 13.3. The Labute approximate surface area is 193 Å². The molecule has 2 aromatic carbocycles. The van der Waals surface area contributed by atoms with Crippen molar-refractivity contribution in [2.24, 2.45) is 7.05 Å². The second kappa shape index (κ2) is 9.48. The van der Waals surface area contributed by atoms with Crippen molar-refractivity contribution in [2.75, 3.05) is 13.2 Å². The first-order valence-corrected chi connectivity index (χ1v) is 11.3. The Morgan fingerprint density at radius 1 is 1.09 bits per heavy atom. The van der Waals surface area contributed by atoms with E-state index in [1.165, 1.54) is 4.90 Å². The fourth-order valence-corrected chi connectivity index (χ4v) is 4.73. The van der Waals surface area contributed by atoms with Gasteiger partial charge in [-0.15, -0.1) is 0 Å². The molecular formula is C26H29N3O4. The number of carboxylic acid groups (broad SMARTS) is 1. The Balaban J connectivity index is 1.60. The van der Waals surface area contributed by atoms with Gasteiger partial charge >= 0.3 is 12.1 Å². The number of benzene rings is 2. The van der Waals surface area contributed by atoms with Crippen molar-refractivity contribution in [1.29, 1.82) is 0 Å². The number of hydrogen-bond acceptors (Lipinski definition) is 4. The van der Waals surface area contributed by atoms with Crippen LogP contribution in [0.3, 0.4) is 0 Å². The average molecular weight is 448 g/mol. The monoisotopic (exact) mass is 447 g/mol. The molecule has 1 unspecified atom stereocenters. The van der Waals surface area contributed by atoms with Gasteiger partial charge in [-0.05, 0) is 35.1 Å². The summed E-state index contributed by atoms with van der Waals surface area (Å²) >= 11 is 0. The number of aliphatic carboxylic acids is 1. The molecule has 1 heterocycles. The molecule has 1 N–H and O–H groups in total. The van der Waals surface area contributed by atoms with Crippen molar-refractivity contribution in [2.45, 2.75) is 38.6 Å². The van der Waals surface area contributed by atoms with Crippen LogP contribution in [-0.2, 0) is 23.0 Å². The van der Waals surface area contributed by atoms with Gasteiger partial charge in [0, 0.05) is 31.3 Å². The quantitative estimate of drug-likeness (QED) is 0.538. The topological polar surface area (TPSA) is 84.7 Å². The van der Waals surface area contributed by atoms with Crippen molar-refractivity contribution in [3.8, 4) is 11.1 Å². The summed E-state index contributed by atoms with van der Waals surface area (Å²) in [5.41, 5.74) is 5.71. The zero-order valence-corrected chi connectivity index (χ0v) is 19.2. The molecule has 0 saturated heterocycles. The third kappa shape index (κ3) is 4.23. The van der Waals surface area contributed by atoms with Gasteiger partial charge in [-0.1, -0.05) is 62.4 Å². The Morgan fingerprint density at radius 3 is 2.24 bits per heavy atom. The smallest absolute Gasteiger partial charge is 0.410 e. The van der Waals surface area contributed by atoms with Gasteiger partial charge in [0.15, 0.2) is 6.04 Å². The van der Waals surface area contributed by atoms with Crippen LogP contribution in [0.4, 0.5) is 4.79 Å². The molecule has 1 aliphatic rings. The highest BCUT2D eigenvalue weighted by atomic mass is 16.6.